The van der Waals surface area contributed by atoms with Crippen LogP contribution in [-0.2, 0) is 14.3 Å². The molecule has 4 saturated carbocycles. The molecule has 1 heterocycles. The first-order valence-corrected chi connectivity index (χ1v) is 17.2. The van der Waals surface area contributed by atoms with Gasteiger partial charge < -0.3 is 29.9 Å². The molecule has 7 heteroatoms. The second-order valence-electron chi connectivity index (χ2n) is 17.6. The third-order valence-electron chi connectivity index (χ3n) is 15.2. The zero-order valence-electron chi connectivity index (χ0n) is 27.7. The number of rotatable bonds is 4. The standard InChI is InChI=1S/C36H58O7/c1-21-28(39)24(38)19-42-29(21)43-27-11-12-32(4)25(33(27,5)20-37)10-13-35(7)26(32)9-8-22-23-18-31(2,3)14-16-36(23,30(40)41)17-15-34(22,35)6/h8,21,23-29,37-39H,9-20H2,1-7H3,(H,40,41)/t21-,23-,24+,25+,26-,27+,28-,29+,32+,33+,34-,35-,36+/m1/s1. The van der Waals surface area contributed by atoms with Crippen LogP contribution in [0.4, 0.5) is 0 Å². The van der Waals surface area contributed by atoms with Gasteiger partial charge in [0.2, 0.25) is 0 Å². The molecular formula is C36H58O7. The minimum absolute atomic E-state index is 0.0112. The van der Waals surface area contributed by atoms with E-state index < -0.39 is 35.3 Å². The van der Waals surface area contributed by atoms with E-state index in [1.807, 2.05) is 6.92 Å². The number of allylic oxidation sites excluding steroid dienone is 2. The van der Waals surface area contributed by atoms with E-state index in [1.54, 1.807) is 0 Å². The summed E-state index contributed by atoms with van der Waals surface area (Å²) in [6.45, 7) is 16.3. The summed E-state index contributed by atoms with van der Waals surface area (Å²) in [7, 11) is 0. The molecule has 43 heavy (non-hydrogen) atoms. The van der Waals surface area contributed by atoms with E-state index in [0.29, 0.717) is 5.92 Å². The molecule has 0 spiro atoms. The van der Waals surface area contributed by atoms with Crippen LogP contribution in [0, 0.1) is 56.2 Å². The first kappa shape index (κ1) is 32.0. The van der Waals surface area contributed by atoms with Crippen LogP contribution < -0.4 is 0 Å². The monoisotopic (exact) mass is 602 g/mol. The van der Waals surface area contributed by atoms with Crippen molar-refractivity contribution in [2.75, 3.05) is 13.2 Å². The van der Waals surface area contributed by atoms with Gasteiger partial charge in [-0.1, -0.05) is 60.1 Å². The van der Waals surface area contributed by atoms with Gasteiger partial charge in [-0.15, -0.1) is 0 Å². The maximum Gasteiger partial charge on any atom is 0.310 e. The van der Waals surface area contributed by atoms with Crippen molar-refractivity contribution in [2.45, 2.75) is 137 Å². The van der Waals surface area contributed by atoms with E-state index in [-0.39, 0.29) is 58.7 Å². The summed E-state index contributed by atoms with van der Waals surface area (Å²) in [5.41, 5.74) is 0.545. The molecule has 1 aliphatic heterocycles. The fraction of sp³-hybridized carbons (Fsp3) is 0.917. The fourth-order valence-electron chi connectivity index (χ4n) is 12.1. The van der Waals surface area contributed by atoms with Crippen LogP contribution >= 0.6 is 0 Å². The summed E-state index contributed by atoms with van der Waals surface area (Å²) in [6, 6.07) is 0. The SMILES string of the molecule is C[C@H]1[C@H](O[C@H]2CC[C@@]3(C)[C@H](CC[C@]4(C)[C@@H]3CC=C3[C@H]5CC(C)(C)CC[C@]5(C(=O)O)CC[C@]34C)[C@]2(C)CO)OC[C@H](O)[C@@H]1O. The van der Waals surface area contributed by atoms with Crippen LogP contribution in [0.5, 0.6) is 0 Å². The lowest BCUT2D eigenvalue weighted by Gasteiger charge is -2.71. The van der Waals surface area contributed by atoms with Crippen molar-refractivity contribution in [3.63, 3.8) is 0 Å². The Kier molecular flexibility index (Phi) is 7.62. The Balaban J connectivity index is 1.32. The first-order chi connectivity index (χ1) is 20.0. The van der Waals surface area contributed by atoms with Crippen molar-refractivity contribution in [3.05, 3.63) is 11.6 Å². The van der Waals surface area contributed by atoms with E-state index in [2.05, 4.69) is 47.6 Å². The second kappa shape index (κ2) is 10.3. The van der Waals surface area contributed by atoms with Crippen molar-refractivity contribution in [1.29, 1.82) is 0 Å². The molecule has 0 aromatic rings. The van der Waals surface area contributed by atoms with E-state index in [9.17, 15) is 25.2 Å². The van der Waals surface area contributed by atoms with E-state index in [0.717, 1.165) is 64.2 Å². The molecular weight excluding hydrogens is 544 g/mol. The number of hydrogen-bond donors (Lipinski definition) is 4. The van der Waals surface area contributed by atoms with Crippen molar-refractivity contribution >= 4 is 5.97 Å². The average Bonchev–Trinajstić information content (AvgIpc) is 2.94. The Morgan fingerprint density at radius 2 is 1.67 bits per heavy atom. The largest absolute Gasteiger partial charge is 0.481 e. The fourth-order valence-corrected chi connectivity index (χ4v) is 12.1. The normalized spacial score (nSPS) is 54.3. The molecule has 0 aromatic carbocycles. The number of fused-ring (bicyclic) bond motifs is 7. The van der Waals surface area contributed by atoms with E-state index in [4.69, 9.17) is 9.47 Å². The quantitative estimate of drug-likeness (QED) is 0.232. The molecule has 0 aromatic heterocycles. The van der Waals surface area contributed by atoms with Gasteiger partial charge in [0.15, 0.2) is 6.29 Å². The van der Waals surface area contributed by atoms with Gasteiger partial charge in [-0.05, 0) is 104 Å². The van der Waals surface area contributed by atoms with Crippen LogP contribution in [0.25, 0.3) is 0 Å². The third kappa shape index (κ3) is 4.33. The molecule has 5 fully saturated rings. The highest BCUT2D eigenvalue weighted by Gasteiger charge is 2.70. The minimum atomic E-state index is -0.907. The molecule has 0 radical (unpaired) electrons. The first-order valence-electron chi connectivity index (χ1n) is 17.2. The molecule has 6 rings (SSSR count). The van der Waals surface area contributed by atoms with Crippen LogP contribution in [0.2, 0.25) is 0 Å². The summed E-state index contributed by atoms with van der Waals surface area (Å²) >= 11 is 0. The van der Waals surface area contributed by atoms with Crippen molar-refractivity contribution in [3.8, 4) is 0 Å². The molecule has 1 saturated heterocycles. The van der Waals surface area contributed by atoms with Crippen LogP contribution in [0.3, 0.4) is 0 Å². The highest BCUT2D eigenvalue weighted by Crippen LogP contribution is 2.76. The molecule has 7 nitrogen and oxygen atoms in total. The number of aliphatic hydroxyl groups is 3. The van der Waals surface area contributed by atoms with Crippen LogP contribution in [-0.4, -0.2) is 64.2 Å². The highest BCUT2D eigenvalue weighted by molar-refractivity contribution is 5.76. The summed E-state index contributed by atoms with van der Waals surface area (Å²) in [5, 5.41) is 42.2. The molecule has 244 valence electrons. The number of ether oxygens (including phenoxy) is 2. The molecule has 4 N–H and O–H groups in total. The Hall–Kier alpha value is -0.990. The zero-order chi connectivity index (χ0) is 31.4. The average molecular weight is 603 g/mol. The number of aliphatic carboxylic acids is 1. The predicted octanol–water partition coefficient (Wildman–Crippen LogP) is 5.94. The lowest BCUT2D eigenvalue weighted by Crippen LogP contribution is -2.66. The maximum atomic E-state index is 12.9. The summed E-state index contributed by atoms with van der Waals surface area (Å²) in [6.07, 6.45) is 9.17. The lowest BCUT2D eigenvalue weighted by molar-refractivity contribution is -0.299. The summed E-state index contributed by atoms with van der Waals surface area (Å²) in [4.78, 5) is 12.9. The zero-order valence-corrected chi connectivity index (χ0v) is 27.7. The number of aliphatic hydroxyl groups excluding tert-OH is 3. The molecule has 0 unspecified atom stereocenters. The van der Waals surface area contributed by atoms with Gasteiger partial charge >= 0.3 is 5.97 Å². The van der Waals surface area contributed by atoms with Crippen molar-refractivity contribution < 1.29 is 34.7 Å². The maximum absolute atomic E-state index is 12.9. The third-order valence-corrected chi connectivity index (χ3v) is 15.2. The second-order valence-corrected chi connectivity index (χ2v) is 17.6. The smallest absolute Gasteiger partial charge is 0.310 e. The Morgan fingerprint density at radius 1 is 0.977 bits per heavy atom. The number of carboxylic acid groups (broad SMARTS) is 1. The van der Waals surface area contributed by atoms with Gasteiger partial charge in [-0.3, -0.25) is 4.79 Å². The molecule has 5 aliphatic carbocycles. The summed E-state index contributed by atoms with van der Waals surface area (Å²) < 4.78 is 12.5. The van der Waals surface area contributed by atoms with Gasteiger partial charge in [-0.25, -0.2) is 0 Å². The summed E-state index contributed by atoms with van der Waals surface area (Å²) in [5.74, 6) is -0.131. The predicted molar refractivity (Wildman–Crippen MR) is 164 cm³/mol. The Bertz CT molecular complexity index is 1150. The van der Waals surface area contributed by atoms with Gasteiger partial charge in [0.05, 0.1) is 30.8 Å². The van der Waals surface area contributed by atoms with E-state index >= 15 is 0 Å². The number of hydrogen-bond acceptors (Lipinski definition) is 6. The topological polar surface area (TPSA) is 116 Å². The number of carbonyl (C=O) groups is 1. The van der Waals surface area contributed by atoms with E-state index in [1.165, 1.54) is 5.57 Å². The van der Waals surface area contributed by atoms with Crippen molar-refractivity contribution in [1.82, 2.24) is 0 Å². The number of carboxylic acids is 1. The molecule has 6 aliphatic rings. The van der Waals surface area contributed by atoms with Gasteiger partial charge in [0.25, 0.3) is 0 Å². The van der Waals surface area contributed by atoms with Gasteiger partial charge in [0, 0.05) is 11.3 Å². The minimum Gasteiger partial charge on any atom is -0.481 e. The Morgan fingerprint density at radius 3 is 2.35 bits per heavy atom. The van der Waals surface area contributed by atoms with Crippen molar-refractivity contribution in [2.24, 2.45) is 56.2 Å². The van der Waals surface area contributed by atoms with Gasteiger partial charge in [-0.2, -0.15) is 0 Å². The van der Waals surface area contributed by atoms with Gasteiger partial charge in [0.1, 0.15) is 6.10 Å². The Labute approximate surface area is 258 Å². The van der Waals surface area contributed by atoms with Crippen LogP contribution in [0.15, 0.2) is 11.6 Å². The molecule has 13 atom stereocenters. The lowest BCUT2D eigenvalue weighted by atomic mass is 9.33. The highest BCUT2D eigenvalue weighted by atomic mass is 16.7. The molecule has 0 bridgehead atoms. The van der Waals surface area contributed by atoms with Crippen LogP contribution in [0.1, 0.15) is 113 Å². The molecule has 0 amide bonds.